The Bertz CT molecular complexity index is 957. The SMILES string of the molecule is COc1cc2c(cc1OCC1CCCC1)N(C(=O)C1CCC(C)CC1)CC21CCN(CC(=O)O)CC1. The molecule has 4 aliphatic rings. The minimum Gasteiger partial charge on any atom is -0.493 e. The van der Waals surface area contributed by atoms with E-state index in [4.69, 9.17) is 9.47 Å². The van der Waals surface area contributed by atoms with Crippen molar-refractivity contribution in [3.8, 4) is 11.5 Å². The number of piperidine rings is 1. The summed E-state index contributed by atoms with van der Waals surface area (Å²) in [5.41, 5.74) is 1.98. The number of anilines is 1. The standard InChI is InChI=1S/C29H42N2O5/c1-20-7-9-22(10-8-20)28(34)31-19-29(11-13-30(14-12-29)17-27(32)33)23-15-25(35-2)26(16-24(23)31)36-18-21-5-3-4-6-21/h15-16,20-22H,3-14,17-19H2,1-2H3,(H,32,33). The number of likely N-dealkylation sites (tertiary alicyclic amines) is 1. The fourth-order valence-corrected chi connectivity index (χ4v) is 7.01. The molecule has 0 unspecified atom stereocenters. The van der Waals surface area contributed by atoms with Gasteiger partial charge in [-0.15, -0.1) is 0 Å². The van der Waals surface area contributed by atoms with E-state index in [1.165, 1.54) is 31.2 Å². The van der Waals surface area contributed by atoms with Gasteiger partial charge in [0, 0.05) is 23.9 Å². The van der Waals surface area contributed by atoms with E-state index >= 15 is 0 Å². The molecule has 0 bridgehead atoms. The number of amides is 1. The Labute approximate surface area is 215 Å². The number of hydrogen-bond acceptors (Lipinski definition) is 5. The third kappa shape index (κ3) is 5.09. The van der Waals surface area contributed by atoms with Gasteiger partial charge in [-0.25, -0.2) is 0 Å². The number of carbonyl (C=O) groups is 2. The van der Waals surface area contributed by atoms with E-state index in [-0.39, 0.29) is 23.8 Å². The molecule has 1 amide bonds. The zero-order chi connectivity index (χ0) is 25.3. The first-order valence-corrected chi connectivity index (χ1v) is 14.0. The average molecular weight is 499 g/mol. The number of carboxylic acids is 1. The first-order chi connectivity index (χ1) is 17.4. The summed E-state index contributed by atoms with van der Waals surface area (Å²) in [6.45, 7) is 5.16. The molecular formula is C29H42N2O5. The Hall–Kier alpha value is -2.28. The Balaban J connectivity index is 1.44. The van der Waals surface area contributed by atoms with Crippen LogP contribution in [0.25, 0.3) is 0 Å². The summed E-state index contributed by atoms with van der Waals surface area (Å²) < 4.78 is 12.1. The first-order valence-electron chi connectivity index (χ1n) is 14.0. The highest BCUT2D eigenvalue weighted by Crippen LogP contribution is 2.51. The molecule has 7 nitrogen and oxygen atoms in total. The smallest absolute Gasteiger partial charge is 0.317 e. The van der Waals surface area contributed by atoms with Crippen molar-refractivity contribution in [2.75, 3.05) is 44.8 Å². The van der Waals surface area contributed by atoms with Crippen molar-refractivity contribution < 1.29 is 24.2 Å². The molecule has 2 aliphatic carbocycles. The van der Waals surface area contributed by atoms with Crippen molar-refractivity contribution >= 4 is 17.6 Å². The number of fused-ring (bicyclic) bond motifs is 2. The van der Waals surface area contributed by atoms with Gasteiger partial charge in [0.25, 0.3) is 0 Å². The summed E-state index contributed by atoms with van der Waals surface area (Å²) in [7, 11) is 1.69. The quantitative estimate of drug-likeness (QED) is 0.579. The van der Waals surface area contributed by atoms with E-state index in [0.717, 1.165) is 68.8 Å². The summed E-state index contributed by atoms with van der Waals surface area (Å²) in [4.78, 5) is 29.2. The van der Waals surface area contributed by atoms with Gasteiger partial charge in [-0.05, 0) is 87.9 Å². The van der Waals surface area contributed by atoms with Crippen LogP contribution in [0, 0.1) is 17.8 Å². The topological polar surface area (TPSA) is 79.3 Å². The van der Waals surface area contributed by atoms with Crippen molar-refractivity contribution in [3.05, 3.63) is 17.7 Å². The Kier molecular flexibility index (Phi) is 7.47. The second-order valence-corrected chi connectivity index (χ2v) is 11.8. The summed E-state index contributed by atoms with van der Waals surface area (Å²) in [5, 5.41) is 9.26. The number of carbonyl (C=O) groups excluding carboxylic acids is 1. The van der Waals surface area contributed by atoms with Gasteiger partial charge in [-0.2, -0.15) is 0 Å². The second kappa shape index (κ2) is 10.6. The molecule has 1 aromatic rings. The van der Waals surface area contributed by atoms with E-state index in [0.29, 0.717) is 25.0 Å². The number of carboxylic acid groups (broad SMARTS) is 1. The number of rotatable bonds is 7. The van der Waals surface area contributed by atoms with Crippen LogP contribution < -0.4 is 14.4 Å². The third-order valence-electron chi connectivity index (χ3n) is 9.36. The van der Waals surface area contributed by atoms with Crippen LogP contribution in [0.2, 0.25) is 0 Å². The molecule has 0 aromatic heterocycles. The monoisotopic (exact) mass is 498 g/mol. The highest BCUT2D eigenvalue weighted by Gasteiger charge is 2.48. The lowest BCUT2D eigenvalue weighted by molar-refractivity contribution is -0.138. The fraction of sp³-hybridized carbons (Fsp3) is 0.724. The van der Waals surface area contributed by atoms with Crippen LogP contribution in [0.15, 0.2) is 12.1 Å². The van der Waals surface area contributed by atoms with Crippen LogP contribution in [0.4, 0.5) is 5.69 Å². The summed E-state index contributed by atoms with van der Waals surface area (Å²) in [6.07, 6.45) is 10.8. The van der Waals surface area contributed by atoms with E-state index < -0.39 is 5.97 Å². The number of hydrogen-bond donors (Lipinski definition) is 1. The minimum absolute atomic E-state index is 0.0725. The van der Waals surface area contributed by atoms with Crippen LogP contribution in [0.5, 0.6) is 11.5 Å². The molecular weight excluding hydrogens is 456 g/mol. The zero-order valence-electron chi connectivity index (χ0n) is 22.0. The van der Waals surface area contributed by atoms with Crippen molar-refractivity contribution in [1.82, 2.24) is 4.90 Å². The molecule has 2 heterocycles. The largest absolute Gasteiger partial charge is 0.493 e. The first kappa shape index (κ1) is 25.4. The molecule has 2 saturated carbocycles. The maximum Gasteiger partial charge on any atom is 0.317 e. The van der Waals surface area contributed by atoms with Crippen LogP contribution in [-0.4, -0.2) is 61.8 Å². The Morgan fingerprint density at radius 3 is 2.36 bits per heavy atom. The van der Waals surface area contributed by atoms with E-state index in [2.05, 4.69) is 19.1 Å². The average Bonchev–Trinajstić information content (AvgIpc) is 3.50. The molecule has 1 N–H and O–H groups in total. The van der Waals surface area contributed by atoms with Gasteiger partial charge in [0.2, 0.25) is 5.91 Å². The van der Waals surface area contributed by atoms with Crippen LogP contribution in [0.3, 0.4) is 0 Å². The molecule has 1 spiro atoms. The highest BCUT2D eigenvalue weighted by molar-refractivity contribution is 5.98. The number of benzene rings is 1. The lowest BCUT2D eigenvalue weighted by Crippen LogP contribution is -2.48. The van der Waals surface area contributed by atoms with Gasteiger partial charge in [-0.3, -0.25) is 14.5 Å². The molecule has 3 fully saturated rings. The normalized spacial score (nSPS) is 26.2. The lowest BCUT2D eigenvalue weighted by Gasteiger charge is -2.39. The van der Waals surface area contributed by atoms with Gasteiger partial charge in [0.1, 0.15) is 0 Å². The van der Waals surface area contributed by atoms with Crippen molar-refractivity contribution in [1.29, 1.82) is 0 Å². The van der Waals surface area contributed by atoms with Gasteiger partial charge >= 0.3 is 5.97 Å². The van der Waals surface area contributed by atoms with Crippen molar-refractivity contribution in [2.24, 2.45) is 17.8 Å². The molecule has 198 valence electrons. The number of aliphatic carboxylic acids is 1. The molecule has 7 heteroatoms. The minimum atomic E-state index is -0.785. The molecule has 1 aromatic carbocycles. The van der Waals surface area contributed by atoms with Gasteiger partial charge < -0.3 is 19.5 Å². The molecule has 0 atom stereocenters. The Morgan fingerprint density at radius 1 is 1.03 bits per heavy atom. The number of ether oxygens (including phenoxy) is 2. The molecule has 0 radical (unpaired) electrons. The summed E-state index contributed by atoms with van der Waals surface area (Å²) in [5.74, 6) is 2.31. The van der Waals surface area contributed by atoms with Crippen LogP contribution in [-0.2, 0) is 15.0 Å². The molecule has 1 saturated heterocycles. The third-order valence-corrected chi connectivity index (χ3v) is 9.36. The predicted octanol–water partition coefficient (Wildman–Crippen LogP) is 4.86. The van der Waals surface area contributed by atoms with Crippen LogP contribution >= 0.6 is 0 Å². The van der Waals surface area contributed by atoms with E-state index in [1.807, 2.05) is 9.80 Å². The summed E-state index contributed by atoms with van der Waals surface area (Å²) in [6, 6.07) is 4.17. The lowest BCUT2D eigenvalue weighted by atomic mass is 9.74. The van der Waals surface area contributed by atoms with Gasteiger partial charge in [0.15, 0.2) is 11.5 Å². The van der Waals surface area contributed by atoms with Gasteiger partial charge in [-0.1, -0.05) is 19.8 Å². The fourth-order valence-electron chi connectivity index (χ4n) is 7.01. The van der Waals surface area contributed by atoms with Crippen molar-refractivity contribution in [3.63, 3.8) is 0 Å². The summed E-state index contributed by atoms with van der Waals surface area (Å²) >= 11 is 0. The van der Waals surface area contributed by atoms with Crippen molar-refractivity contribution in [2.45, 2.75) is 76.5 Å². The zero-order valence-corrected chi connectivity index (χ0v) is 22.0. The number of methoxy groups -OCH3 is 1. The molecule has 2 aliphatic heterocycles. The second-order valence-electron chi connectivity index (χ2n) is 11.8. The number of nitrogens with zero attached hydrogens (tertiary/aromatic N) is 2. The van der Waals surface area contributed by atoms with E-state index in [1.54, 1.807) is 7.11 Å². The maximum atomic E-state index is 13.9. The predicted molar refractivity (Wildman–Crippen MR) is 139 cm³/mol. The van der Waals surface area contributed by atoms with Crippen LogP contribution in [0.1, 0.15) is 76.7 Å². The molecule has 5 rings (SSSR count). The maximum absolute atomic E-state index is 13.9. The molecule has 36 heavy (non-hydrogen) atoms. The van der Waals surface area contributed by atoms with Gasteiger partial charge in [0.05, 0.1) is 25.9 Å². The van der Waals surface area contributed by atoms with E-state index in [9.17, 15) is 14.7 Å². The Morgan fingerprint density at radius 2 is 1.72 bits per heavy atom. The highest BCUT2D eigenvalue weighted by atomic mass is 16.5.